The first-order chi connectivity index (χ1) is 14.3. The van der Waals surface area contributed by atoms with Crippen LogP contribution in [0.4, 0.5) is 10.1 Å². The number of nitrogens with zero attached hydrogens (tertiary/aromatic N) is 1. The second-order valence-electron chi connectivity index (χ2n) is 7.68. The molecule has 2 aromatic carbocycles. The third-order valence-electron chi connectivity index (χ3n) is 5.53. The van der Waals surface area contributed by atoms with Crippen molar-refractivity contribution in [1.82, 2.24) is 10.2 Å². The van der Waals surface area contributed by atoms with Crippen LogP contribution < -0.4 is 10.6 Å². The lowest BCUT2D eigenvalue weighted by molar-refractivity contribution is -0.136. The second-order valence-corrected chi connectivity index (χ2v) is 7.68. The van der Waals surface area contributed by atoms with Gasteiger partial charge in [0, 0.05) is 25.3 Å². The van der Waals surface area contributed by atoms with Gasteiger partial charge in [-0.15, -0.1) is 0 Å². The predicted octanol–water partition coefficient (Wildman–Crippen LogP) is 3.05. The highest BCUT2D eigenvalue weighted by molar-refractivity contribution is 6.39. The van der Waals surface area contributed by atoms with Gasteiger partial charge in [0.2, 0.25) is 0 Å². The van der Waals surface area contributed by atoms with Crippen LogP contribution in [0.3, 0.4) is 0 Å². The number of hydrogen-bond donors (Lipinski definition) is 2. The third-order valence-corrected chi connectivity index (χ3v) is 5.53. The molecule has 1 saturated heterocycles. The predicted molar refractivity (Wildman–Crippen MR) is 113 cm³/mol. The van der Waals surface area contributed by atoms with Crippen molar-refractivity contribution in [2.24, 2.45) is 5.92 Å². The second kappa shape index (κ2) is 9.52. The summed E-state index contributed by atoms with van der Waals surface area (Å²) < 4.78 is 13.8. The van der Waals surface area contributed by atoms with E-state index in [1.54, 1.807) is 23.1 Å². The third kappa shape index (κ3) is 5.23. The number of rotatable bonds is 4. The van der Waals surface area contributed by atoms with Crippen LogP contribution >= 0.6 is 0 Å². The van der Waals surface area contributed by atoms with Gasteiger partial charge in [0.15, 0.2) is 0 Å². The van der Waals surface area contributed by atoms with Crippen LogP contribution in [0.1, 0.15) is 34.3 Å². The number of carbonyl (C=O) groups excluding carboxylic acids is 3. The molecule has 1 fully saturated rings. The van der Waals surface area contributed by atoms with Crippen LogP contribution in [0.2, 0.25) is 0 Å². The van der Waals surface area contributed by atoms with Gasteiger partial charge >= 0.3 is 11.8 Å². The average molecular weight is 411 g/mol. The van der Waals surface area contributed by atoms with Gasteiger partial charge in [0.1, 0.15) is 5.82 Å². The lowest BCUT2D eigenvalue weighted by Crippen LogP contribution is -2.43. The lowest BCUT2D eigenvalue weighted by Gasteiger charge is -2.32. The van der Waals surface area contributed by atoms with Gasteiger partial charge in [-0.05, 0) is 68.0 Å². The molecule has 0 unspecified atom stereocenters. The number of nitrogens with one attached hydrogen (secondary N) is 2. The number of piperidine rings is 1. The molecule has 0 aliphatic carbocycles. The van der Waals surface area contributed by atoms with Crippen molar-refractivity contribution >= 4 is 23.4 Å². The van der Waals surface area contributed by atoms with Gasteiger partial charge < -0.3 is 15.5 Å². The highest BCUT2D eigenvalue weighted by Gasteiger charge is 2.26. The van der Waals surface area contributed by atoms with Gasteiger partial charge in [-0.3, -0.25) is 14.4 Å². The van der Waals surface area contributed by atoms with Crippen molar-refractivity contribution in [3.8, 4) is 0 Å². The van der Waals surface area contributed by atoms with Crippen LogP contribution in [0.5, 0.6) is 0 Å². The summed E-state index contributed by atoms with van der Waals surface area (Å²) in [6.07, 6.45) is 1.36. The summed E-state index contributed by atoms with van der Waals surface area (Å²) in [7, 11) is 0. The Kier molecular flexibility index (Phi) is 6.82. The topological polar surface area (TPSA) is 78.5 Å². The van der Waals surface area contributed by atoms with E-state index >= 15 is 0 Å². The molecule has 6 nitrogen and oxygen atoms in total. The van der Waals surface area contributed by atoms with E-state index in [2.05, 4.69) is 10.6 Å². The zero-order chi connectivity index (χ0) is 21.7. The molecule has 2 aromatic rings. The molecule has 0 bridgehead atoms. The number of carbonyl (C=O) groups is 3. The van der Waals surface area contributed by atoms with Crippen LogP contribution in [0.25, 0.3) is 0 Å². The van der Waals surface area contributed by atoms with Crippen molar-refractivity contribution in [2.75, 3.05) is 25.0 Å². The van der Waals surface area contributed by atoms with Gasteiger partial charge in [0.25, 0.3) is 5.91 Å². The minimum absolute atomic E-state index is 0.0762. The van der Waals surface area contributed by atoms with Gasteiger partial charge in [-0.1, -0.05) is 18.2 Å². The van der Waals surface area contributed by atoms with E-state index in [4.69, 9.17) is 0 Å². The first-order valence-corrected chi connectivity index (χ1v) is 10.1. The number of benzene rings is 2. The molecule has 1 heterocycles. The summed E-state index contributed by atoms with van der Waals surface area (Å²) >= 11 is 0. The largest absolute Gasteiger partial charge is 0.348 e. The van der Waals surface area contributed by atoms with E-state index in [-0.39, 0.29) is 17.4 Å². The van der Waals surface area contributed by atoms with E-state index in [1.165, 1.54) is 12.1 Å². The molecule has 2 N–H and O–H groups in total. The highest BCUT2D eigenvalue weighted by atomic mass is 19.1. The molecule has 30 heavy (non-hydrogen) atoms. The first-order valence-electron chi connectivity index (χ1n) is 10.1. The Labute approximate surface area is 175 Å². The first kappa shape index (κ1) is 21.5. The molecule has 0 aromatic heterocycles. The molecule has 0 saturated carbocycles. The van der Waals surface area contributed by atoms with Gasteiger partial charge in [0.05, 0.1) is 5.56 Å². The molecule has 3 rings (SSSR count). The lowest BCUT2D eigenvalue weighted by atomic mass is 9.96. The molecule has 0 radical (unpaired) electrons. The number of aryl methyl sites for hydroxylation is 2. The highest BCUT2D eigenvalue weighted by Crippen LogP contribution is 2.20. The number of likely N-dealkylation sites (tertiary alicyclic amines) is 1. The normalized spacial score (nSPS) is 14.3. The smallest absolute Gasteiger partial charge is 0.313 e. The maximum absolute atomic E-state index is 13.8. The average Bonchev–Trinajstić information content (AvgIpc) is 2.75. The molecule has 0 atom stereocenters. The molecule has 7 heteroatoms. The standard InChI is InChI=1S/C23H26FN3O3/c1-15-7-8-18(13-16(15)2)26-22(29)21(28)25-14-17-9-11-27(12-10-17)23(30)19-5-3-4-6-20(19)24/h3-8,13,17H,9-12,14H2,1-2H3,(H,25,28)(H,26,29). The number of halogens is 1. The Morgan fingerprint density at radius 1 is 1.00 bits per heavy atom. The van der Waals surface area contributed by atoms with E-state index in [9.17, 15) is 18.8 Å². The molecule has 158 valence electrons. The number of amides is 3. The summed E-state index contributed by atoms with van der Waals surface area (Å²) in [5.74, 6) is -2.06. The minimum atomic E-state index is -0.703. The Bertz CT molecular complexity index is 952. The van der Waals surface area contributed by atoms with Crippen molar-refractivity contribution in [3.63, 3.8) is 0 Å². The molecule has 3 amide bonds. The fourth-order valence-corrected chi connectivity index (χ4v) is 3.47. The molecule has 1 aliphatic heterocycles. The van der Waals surface area contributed by atoms with Crippen LogP contribution in [-0.4, -0.2) is 42.3 Å². The van der Waals surface area contributed by atoms with Gasteiger partial charge in [-0.25, -0.2) is 4.39 Å². The quantitative estimate of drug-likeness (QED) is 0.759. The zero-order valence-electron chi connectivity index (χ0n) is 17.2. The SMILES string of the molecule is Cc1ccc(NC(=O)C(=O)NCC2CCN(C(=O)c3ccccc3F)CC2)cc1C. The van der Waals surface area contributed by atoms with Crippen LogP contribution in [-0.2, 0) is 9.59 Å². The number of hydrogen-bond acceptors (Lipinski definition) is 3. The summed E-state index contributed by atoms with van der Waals surface area (Å²) in [6, 6.07) is 11.4. The summed E-state index contributed by atoms with van der Waals surface area (Å²) in [5, 5.41) is 5.27. The Morgan fingerprint density at radius 2 is 1.70 bits per heavy atom. The van der Waals surface area contributed by atoms with Crippen LogP contribution in [0, 0.1) is 25.6 Å². The van der Waals surface area contributed by atoms with Crippen molar-refractivity contribution in [2.45, 2.75) is 26.7 Å². The fourth-order valence-electron chi connectivity index (χ4n) is 3.47. The van der Waals surface area contributed by atoms with Crippen molar-refractivity contribution in [1.29, 1.82) is 0 Å². The van der Waals surface area contributed by atoms with Crippen molar-refractivity contribution < 1.29 is 18.8 Å². The van der Waals surface area contributed by atoms with Crippen LogP contribution in [0.15, 0.2) is 42.5 Å². The Morgan fingerprint density at radius 3 is 2.37 bits per heavy atom. The molecular weight excluding hydrogens is 385 g/mol. The summed E-state index contributed by atoms with van der Waals surface area (Å²) in [4.78, 5) is 38.3. The van der Waals surface area contributed by atoms with Gasteiger partial charge in [-0.2, -0.15) is 0 Å². The monoisotopic (exact) mass is 411 g/mol. The summed E-state index contributed by atoms with van der Waals surface area (Å²) in [6.45, 7) is 5.25. The Balaban J connectivity index is 1.44. The van der Waals surface area contributed by atoms with E-state index in [1.807, 2.05) is 26.0 Å². The minimum Gasteiger partial charge on any atom is -0.348 e. The van der Waals surface area contributed by atoms with E-state index in [0.717, 1.165) is 11.1 Å². The van der Waals surface area contributed by atoms with E-state index in [0.29, 0.717) is 38.2 Å². The maximum Gasteiger partial charge on any atom is 0.313 e. The fraction of sp³-hybridized carbons (Fsp3) is 0.348. The zero-order valence-corrected chi connectivity index (χ0v) is 17.2. The van der Waals surface area contributed by atoms with Crippen molar-refractivity contribution in [3.05, 3.63) is 65.0 Å². The molecule has 1 aliphatic rings. The van der Waals surface area contributed by atoms with E-state index < -0.39 is 17.6 Å². The Hall–Kier alpha value is -3.22. The molecule has 0 spiro atoms. The number of anilines is 1. The molecular formula is C23H26FN3O3. The summed E-state index contributed by atoms with van der Waals surface area (Å²) in [5.41, 5.74) is 2.80. The maximum atomic E-state index is 13.8.